The molecule has 0 amide bonds. The van der Waals surface area contributed by atoms with Gasteiger partial charge in [0, 0.05) is 27.4 Å². The molecule has 0 saturated carbocycles. The van der Waals surface area contributed by atoms with E-state index in [0.29, 0.717) is 24.3 Å². The molecule has 1 heterocycles. The van der Waals surface area contributed by atoms with Gasteiger partial charge >= 0.3 is 0 Å². The van der Waals surface area contributed by atoms with Crippen molar-refractivity contribution in [2.24, 2.45) is 0 Å². The molecule has 0 atom stereocenters. The van der Waals surface area contributed by atoms with E-state index in [0.717, 1.165) is 27.8 Å². The van der Waals surface area contributed by atoms with Gasteiger partial charge in [-0.15, -0.1) is 0 Å². The van der Waals surface area contributed by atoms with Gasteiger partial charge in [0.15, 0.2) is 0 Å². The van der Waals surface area contributed by atoms with Crippen molar-refractivity contribution in [3.63, 3.8) is 0 Å². The Kier molecular flexibility index (Phi) is 4.50. The van der Waals surface area contributed by atoms with Gasteiger partial charge in [-0.05, 0) is 35.9 Å². The van der Waals surface area contributed by atoms with E-state index < -0.39 is 0 Å². The predicted molar refractivity (Wildman–Crippen MR) is 86.7 cm³/mol. The first-order valence-corrected chi connectivity index (χ1v) is 8.50. The number of alkyl halides is 1. The second-order valence-electron chi connectivity index (χ2n) is 4.83. The second kappa shape index (κ2) is 6.36. The topological polar surface area (TPSA) is 18.5 Å². The third kappa shape index (κ3) is 3.24. The largest absolute Gasteiger partial charge is 0.493 e. The molecule has 110 valence electrons. The van der Waals surface area contributed by atoms with Crippen LogP contribution in [-0.4, -0.2) is 6.61 Å². The van der Waals surface area contributed by atoms with Crippen LogP contribution in [0.2, 0.25) is 0 Å². The Morgan fingerprint density at radius 3 is 2.86 bits per heavy atom. The summed E-state index contributed by atoms with van der Waals surface area (Å²) < 4.78 is 25.8. The molecule has 0 unspecified atom stereocenters. The van der Waals surface area contributed by atoms with Crippen molar-refractivity contribution < 1.29 is 13.9 Å². The molecule has 0 aliphatic carbocycles. The van der Waals surface area contributed by atoms with Gasteiger partial charge in [0.25, 0.3) is 0 Å². The number of benzene rings is 2. The monoisotopic (exact) mass is 414 g/mol. The minimum atomic E-state index is -0.261. The maximum atomic E-state index is 13.2. The fourth-order valence-corrected chi connectivity index (χ4v) is 3.39. The van der Waals surface area contributed by atoms with Crippen LogP contribution in [0, 0.1) is 5.82 Å². The summed E-state index contributed by atoms with van der Waals surface area (Å²) in [5.74, 6) is 1.34. The summed E-state index contributed by atoms with van der Waals surface area (Å²) in [6.07, 6.45) is 0.922. The minimum Gasteiger partial charge on any atom is -0.493 e. The molecular formula is C16H13Br2FO2. The quantitative estimate of drug-likeness (QED) is 0.654. The van der Waals surface area contributed by atoms with Gasteiger partial charge in [0.2, 0.25) is 0 Å². The lowest BCUT2D eigenvalue weighted by molar-refractivity contribution is 0.289. The Bertz CT molecular complexity index is 674. The molecule has 2 aromatic carbocycles. The highest BCUT2D eigenvalue weighted by Crippen LogP contribution is 2.34. The Morgan fingerprint density at radius 1 is 1.19 bits per heavy atom. The lowest BCUT2D eigenvalue weighted by atomic mass is 10.1. The first-order chi connectivity index (χ1) is 10.2. The normalized spacial score (nSPS) is 12.9. The first kappa shape index (κ1) is 14.9. The van der Waals surface area contributed by atoms with Gasteiger partial charge in [-0.1, -0.05) is 31.9 Å². The molecule has 0 saturated heterocycles. The van der Waals surface area contributed by atoms with Crippen LogP contribution in [0.3, 0.4) is 0 Å². The lowest BCUT2D eigenvalue weighted by Gasteiger charge is -2.13. The molecule has 3 rings (SSSR count). The van der Waals surface area contributed by atoms with Crippen molar-refractivity contribution in [3.8, 4) is 11.5 Å². The maximum Gasteiger partial charge on any atom is 0.129 e. The zero-order chi connectivity index (χ0) is 14.8. The molecule has 5 heteroatoms. The number of fused-ring (bicyclic) bond motifs is 1. The molecule has 0 fully saturated rings. The highest BCUT2D eigenvalue weighted by molar-refractivity contribution is 9.10. The van der Waals surface area contributed by atoms with Crippen LogP contribution in [0.4, 0.5) is 4.39 Å². The summed E-state index contributed by atoms with van der Waals surface area (Å²) in [4.78, 5) is 0. The minimum absolute atomic E-state index is 0.261. The third-order valence-corrected chi connectivity index (χ3v) is 4.44. The molecule has 2 aromatic rings. The molecule has 1 aliphatic heterocycles. The van der Waals surface area contributed by atoms with Gasteiger partial charge in [-0.25, -0.2) is 4.39 Å². The van der Waals surface area contributed by atoms with Crippen LogP contribution in [0.15, 0.2) is 34.8 Å². The van der Waals surface area contributed by atoms with Gasteiger partial charge in [-0.2, -0.15) is 0 Å². The van der Waals surface area contributed by atoms with Crippen molar-refractivity contribution in [2.45, 2.75) is 18.4 Å². The molecule has 0 bridgehead atoms. The Hall–Kier alpha value is -1.07. The van der Waals surface area contributed by atoms with Crippen LogP contribution < -0.4 is 9.47 Å². The zero-order valence-corrected chi connectivity index (χ0v) is 14.3. The highest BCUT2D eigenvalue weighted by Gasteiger charge is 2.18. The Labute approximate surface area is 139 Å². The number of halogens is 3. The number of hydrogen-bond acceptors (Lipinski definition) is 2. The fraction of sp³-hybridized carbons (Fsp3) is 0.250. The van der Waals surface area contributed by atoms with Gasteiger partial charge in [0.1, 0.15) is 23.9 Å². The number of rotatable bonds is 4. The third-order valence-electron chi connectivity index (χ3n) is 3.38. The predicted octanol–water partition coefficient (Wildman–Crippen LogP) is 5.00. The summed E-state index contributed by atoms with van der Waals surface area (Å²) in [7, 11) is 0. The fourth-order valence-electron chi connectivity index (χ4n) is 2.40. The average molecular weight is 416 g/mol. The number of ether oxygens (including phenoxy) is 2. The van der Waals surface area contributed by atoms with Crippen molar-refractivity contribution in [1.82, 2.24) is 0 Å². The molecule has 2 nitrogen and oxygen atoms in total. The van der Waals surface area contributed by atoms with E-state index in [4.69, 9.17) is 9.47 Å². The van der Waals surface area contributed by atoms with Crippen LogP contribution in [0.1, 0.15) is 16.7 Å². The van der Waals surface area contributed by atoms with E-state index in [1.165, 1.54) is 17.7 Å². The van der Waals surface area contributed by atoms with E-state index >= 15 is 0 Å². The number of hydrogen-bond donors (Lipinski definition) is 0. The molecular weight excluding hydrogens is 403 g/mol. The Morgan fingerprint density at radius 2 is 2.05 bits per heavy atom. The van der Waals surface area contributed by atoms with Crippen molar-refractivity contribution in [2.75, 3.05) is 6.61 Å². The average Bonchev–Trinajstić information content (AvgIpc) is 2.93. The van der Waals surface area contributed by atoms with Crippen LogP contribution in [0.5, 0.6) is 11.5 Å². The lowest BCUT2D eigenvalue weighted by Crippen LogP contribution is -2.01. The molecule has 0 aromatic heterocycles. The van der Waals surface area contributed by atoms with Crippen molar-refractivity contribution in [1.29, 1.82) is 0 Å². The van der Waals surface area contributed by atoms with Crippen LogP contribution in [0.25, 0.3) is 0 Å². The van der Waals surface area contributed by atoms with E-state index in [9.17, 15) is 4.39 Å². The molecule has 0 N–H and O–H groups in total. The van der Waals surface area contributed by atoms with Gasteiger partial charge in [0.05, 0.1) is 6.61 Å². The summed E-state index contributed by atoms with van der Waals surface area (Å²) in [5, 5.41) is 0.549. The van der Waals surface area contributed by atoms with Crippen LogP contribution in [-0.2, 0) is 18.4 Å². The Balaban J connectivity index is 1.83. The van der Waals surface area contributed by atoms with Gasteiger partial charge in [-0.3, -0.25) is 0 Å². The van der Waals surface area contributed by atoms with E-state index in [-0.39, 0.29) is 5.82 Å². The van der Waals surface area contributed by atoms with Gasteiger partial charge < -0.3 is 9.47 Å². The van der Waals surface area contributed by atoms with E-state index in [1.54, 1.807) is 6.07 Å². The molecule has 1 aliphatic rings. The van der Waals surface area contributed by atoms with E-state index in [1.807, 2.05) is 6.07 Å². The highest BCUT2D eigenvalue weighted by atomic mass is 79.9. The van der Waals surface area contributed by atoms with Crippen LogP contribution >= 0.6 is 31.9 Å². The van der Waals surface area contributed by atoms with Crippen molar-refractivity contribution in [3.05, 3.63) is 57.3 Å². The first-order valence-electron chi connectivity index (χ1n) is 6.58. The summed E-state index contributed by atoms with van der Waals surface area (Å²) >= 11 is 6.86. The molecule has 0 spiro atoms. The standard InChI is InChI=1S/C16H13Br2FO2/c17-8-11-7-14(19)1-2-15(11)21-9-12-6-13(18)5-10-3-4-20-16(10)12/h1-2,5-7H,3-4,8-9H2. The second-order valence-corrected chi connectivity index (χ2v) is 6.30. The zero-order valence-electron chi connectivity index (χ0n) is 11.2. The van der Waals surface area contributed by atoms with E-state index in [2.05, 4.69) is 37.9 Å². The smallest absolute Gasteiger partial charge is 0.129 e. The summed E-state index contributed by atoms with van der Waals surface area (Å²) in [5.41, 5.74) is 2.99. The SMILES string of the molecule is Fc1ccc(OCc2cc(Br)cc3c2OCC3)c(CBr)c1. The summed E-state index contributed by atoms with van der Waals surface area (Å²) in [6.45, 7) is 1.11. The summed E-state index contributed by atoms with van der Waals surface area (Å²) in [6, 6.07) is 8.62. The van der Waals surface area contributed by atoms with Crippen molar-refractivity contribution >= 4 is 31.9 Å². The molecule has 0 radical (unpaired) electrons. The maximum absolute atomic E-state index is 13.2. The molecule has 21 heavy (non-hydrogen) atoms.